The minimum absolute atomic E-state index is 0.0906. The van der Waals surface area contributed by atoms with E-state index in [9.17, 15) is 4.79 Å². The van der Waals surface area contributed by atoms with Crippen LogP contribution in [0.5, 0.6) is 0 Å². The fourth-order valence-corrected chi connectivity index (χ4v) is 3.75. The van der Waals surface area contributed by atoms with Gasteiger partial charge in [-0.3, -0.25) is 4.79 Å². The molecule has 1 amide bonds. The number of rotatable bonds is 2. The van der Waals surface area contributed by atoms with Crippen molar-refractivity contribution in [2.75, 3.05) is 11.6 Å². The Morgan fingerprint density at radius 3 is 2.57 bits per heavy atom. The number of fused-ring (bicyclic) bond motifs is 3. The van der Waals surface area contributed by atoms with Crippen molar-refractivity contribution in [3.63, 3.8) is 0 Å². The van der Waals surface area contributed by atoms with E-state index in [1.54, 1.807) is 11.8 Å². The Labute approximate surface area is 139 Å². The van der Waals surface area contributed by atoms with E-state index in [0.29, 0.717) is 6.42 Å². The highest BCUT2D eigenvalue weighted by molar-refractivity contribution is 7.98. The van der Waals surface area contributed by atoms with Crippen molar-refractivity contribution in [2.24, 2.45) is 0 Å². The van der Waals surface area contributed by atoms with Crippen molar-refractivity contribution in [3.8, 4) is 0 Å². The zero-order valence-corrected chi connectivity index (χ0v) is 13.7. The molecule has 0 saturated carbocycles. The van der Waals surface area contributed by atoms with Crippen molar-refractivity contribution >= 4 is 34.1 Å². The van der Waals surface area contributed by atoms with Gasteiger partial charge in [0.25, 0.3) is 0 Å². The third-order valence-corrected chi connectivity index (χ3v) is 5.25. The second-order valence-corrected chi connectivity index (χ2v) is 6.71. The predicted molar refractivity (Wildman–Crippen MR) is 97.3 cm³/mol. The van der Waals surface area contributed by atoms with Crippen LogP contribution in [0, 0.1) is 0 Å². The molecule has 3 aromatic carbocycles. The molecule has 3 heteroatoms. The Morgan fingerprint density at radius 2 is 1.78 bits per heavy atom. The van der Waals surface area contributed by atoms with Crippen LogP contribution in [0.1, 0.15) is 23.5 Å². The molecule has 2 nitrogen and oxygen atoms in total. The van der Waals surface area contributed by atoms with Crippen molar-refractivity contribution in [1.82, 2.24) is 0 Å². The number of nitrogens with one attached hydrogen (secondary N) is 1. The van der Waals surface area contributed by atoms with Crippen LogP contribution in [0.25, 0.3) is 10.8 Å². The summed E-state index contributed by atoms with van der Waals surface area (Å²) in [5, 5.41) is 5.35. The highest BCUT2D eigenvalue weighted by atomic mass is 32.2. The van der Waals surface area contributed by atoms with Gasteiger partial charge in [-0.25, -0.2) is 0 Å². The van der Waals surface area contributed by atoms with Crippen LogP contribution in [0.4, 0.5) is 5.69 Å². The van der Waals surface area contributed by atoms with Crippen LogP contribution in [0.2, 0.25) is 0 Å². The number of carbonyl (C=O) groups excluding carboxylic acids is 1. The van der Waals surface area contributed by atoms with Crippen molar-refractivity contribution < 1.29 is 4.79 Å². The van der Waals surface area contributed by atoms with E-state index in [4.69, 9.17) is 0 Å². The molecule has 4 rings (SSSR count). The lowest BCUT2D eigenvalue weighted by Gasteiger charge is -2.27. The first-order chi connectivity index (χ1) is 11.3. The second-order valence-electron chi connectivity index (χ2n) is 5.83. The predicted octanol–water partition coefficient (Wildman–Crippen LogP) is 5.04. The number of carbonyl (C=O) groups is 1. The molecule has 3 aromatic rings. The Morgan fingerprint density at radius 1 is 1.00 bits per heavy atom. The molecule has 1 aliphatic rings. The van der Waals surface area contributed by atoms with Crippen LogP contribution >= 0.6 is 11.8 Å². The summed E-state index contributed by atoms with van der Waals surface area (Å²) < 4.78 is 0. The second kappa shape index (κ2) is 5.74. The lowest BCUT2D eigenvalue weighted by molar-refractivity contribution is -0.116. The average Bonchev–Trinajstić information content (AvgIpc) is 2.61. The molecule has 0 aromatic heterocycles. The van der Waals surface area contributed by atoms with Gasteiger partial charge in [0.15, 0.2) is 0 Å². The third-order valence-electron chi connectivity index (χ3n) is 4.51. The summed E-state index contributed by atoms with van der Waals surface area (Å²) >= 11 is 1.73. The molecule has 0 radical (unpaired) electrons. The van der Waals surface area contributed by atoms with E-state index in [0.717, 1.165) is 16.5 Å². The molecule has 0 fully saturated rings. The summed E-state index contributed by atoms with van der Waals surface area (Å²) in [5.74, 6) is 0.215. The molecular formula is C20H17NOS. The molecule has 0 unspecified atom stereocenters. The first-order valence-electron chi connectivity index (χ1n) is 7.72. The number of hydrogen-bond acceptors (Lipinski definition) is 2. The summed E-state index contributed by atoms with van der Waals surface area (Å²) in [4.78, 5) is 13.5. The van der Waals surface area contributed by atoms with Gasteiger partial charge in [0.1, 0.15) is 0 Å². The lowest BCUT2D eigenvalue weighted by Crippen LogP contribution is -2.23. The van der Waals surface area contributed by atoms with Crippen LogP contribution < -0.4 is 5.32 Å². The van der Waals surface area contributed by atoms with E-state index >= 15 is 0 Å². The fraction of sp³-hybridized carbons (Fsp3) is 0.150. The van der Waals surface area contributed by atoms with Crippen LogP contribution in [-0.2, 0) is 4.79 Å². The topological polar surface area (TPSA) is 29.1 Å². The van der Waals surface area contributed by atoms with Gasteiger partial charge in [-0.2, -0.15) is 0 Å². The van der Waals surface area contributed by atoms with E-state index in [2.05, 4.69) is 60.1 Å². The number of benzene rings is 3. The fourth-order valence-electron chi connectivity index (χ4n) is 3.34. The summed E-state index contributed by atoms with van der Waals surface area (Å²) in [5.41, 5.74) is 3.38. The van der Waals surface area contributed by atoms with E-state index < -0.39 is 0 Å². The molecule has 0 bridgehead atoms. The third kappa shape index (κ3) is 2.51. The zero-order valence-electron chi connectivity index (χ0n) is 12.9. The van der Waals surface area contributed by atoms with Crippen LogP contribution in [-0.4, -0.2) is 12.2 Å². The molecule has 1 heterocycles. The zero-order chi connectivity index (χ0) is 15.8. The van der Waals surface area contributed by atoms with Gasteiger partial charge in [-0.15, -0.1) is 11.8 Å². The highest BCUT2D eigenvalue weighted by Crippen LogP contribution is 2.41. The molecule has 23 heavy (non-hydrogen) atoms. The lowest BCUT2D eigenvalue weighted by atomic mass is 9.83. The normalized spacial score (nSPS) is 16.9. The van der Waals surface area contributed by atoms with Crippen molar-refractivity contribution in [1.29, 1.82) is 0 Å². The molecule has 1 aliphatic heterocycles. The van der Waals surface area contributed by atoms with Gasteiger partial charge in [-0.1, -0.05) is 48.5 Å². The standard InChI is InChI=1S/C20H17NOS/c1-23-15-9-6-14(7-10-15)18-12-19(22)21-20-16-5-3-2-4-13(16)8-11-17(18)20/h2-11,18H,12H2,1H3,(H,21,22)/t18-/m0/s1. The quantitative estimate of drug-likeness (QED) is 0.671. The molecule has 1 atom stereocenters. The summed E-state index contributed by atoms with van der Waals surface area (Å²) in [6.45, 7) is 0. The van der Waals surface area contributed by atoms with Gasteiger partial charge >= 0.3 is 0 Å². The molecule has 1 N–H and O–H groups in total. The molecular weight excluding hydrogens is 302 g/mol. The summed E-state index contributed by atoms with van der Waals surface area (Å²) in [6, 6.07) is 21.1. The van der Waals surface area contributed by atoms with Crippen molar-refractivity contribution in [3.05, 3.63) is 71.8 Å². The molecule has 0 saturated heterocycles. The Hall–Kier alpha value is -2.26. The number of amides is 1. The Bertz CT molecular complexity index is 886. The maximum absolute atomic E-state index is 12.3. The summed E-state index contributed by atoms with van der Waals surface area (Å²) in [6.07, 6.45) is 2.58. The minimum atomic E-state index is 0.0906. The molecule has 0 spiro atoms. The highest BCUT2D eigenvalue weighted by Gasteiger charge is 2.27. The SMILES string of the molecule is CSc1ccc([C@@H]2CC(=O)Nc3c2ccc2ccccc32)cc1. The van der Waals surface area contributed by atoms with Gasteiger partial charge in [-0.05, 0) is 34.9 Å². The molecule has 0 aliphatic carbocycles. The first kappa shape index (κ1) is 14.3. The largest absolute Gasteiger partial charge is 0.325 e. The van der Waals surface area contributed by atoms with Crippen LogP contribution in [0.15, 0.2) is 65.6 Å². The maximum Gasteiger partial charge on any atom is 0.225 e. The van der Waals surface area contributed by atoms with E-state index in [-0.39, 0.29) is 11.8 Å². The van der Waals surface area contributed by atoms with Gasteiger partial charge in [0.05, 0.1) is 5.69 Å². The number of thioether (sulfide) groups is 1. The summed E-state index contributed by atoms with van der Waals surface area (Å²) in [7, 11) is 0. The monoisotopic (exact) mass is 319 g/mol. The van der Waals surface area contributed by atoms with Crippen molar-refractivity contribution in [2.45, 2.75) is 17.2 Å². The van der Waals surface area contributed by atoms with Gasteiger partial charge in [0, 0.05) is 22.6 Å². The van der Waals surface area contributed by atoms with Gasteiger partial charge < -0.3 is 5.32 Å². The Kier molecular flexibility index (Phi) is 3.58. The van der Waals surface area contributed by atoms with Crippen LogP contribution in [0.3, 0.4) is 0 Å². The Balaban J connectivity index is 1.87. The minimum Gasteiger partial charge on any atom is -0.325 e. The van der Waals surface area contributed by atoms with E-state index in [1.165, 1.54) is 16.0 Å². The van der Waals surface area contributed by atoms with Gasteiger partial charge in [0.2, 0.25) is 5.91 Å². The molecule has 114 valence electrons. The average molecular weight is 319 g/mol. The van der Waals surface area contributed by atoms with E-state index in [1.807, 2.05) is 12.1 Å². The number of anilines is 1. The first-order valence-corrected chi connectivity index (χ1v) is 8.94. The maximum atomic E-state index is 12.3. The number of hydrogen-bond donors (Lipinski definition) is 1. The smallest absolute Gasteiger partial charge is 0.225 e.